The number of carboxylic acid groups (broad SMARTS) is 1. The van der Waals surface area contributed by atoms with Crippen LogP contribution in [0.5, 0.6) is 0 Å². The van der Waals surface area contributed by atoms with Crippen LogP contribution in [0, 0.1) is 5.92 Å². The minimum atomic E-state index is -0.808. The van der Waals surface area contributed by atoms with Crippen LogP contribution in [0.15, 0.2) is 22.8 Å². The van der Waals surface area contributed by atoms with Gasteiger partial charge in [0.2, 0.25) is 0 Å². The Kier molecular flexibility index (Phi) is 5.74. The summed E-state index contributed by atoms with van der Waals surface area (Å²) >= 11 is 0. The van der Waals surface area contributed by atoms with Gasteiger partial charge >= 0.3 is 5.97 Å². The lowest BCUT2D eigenvalue weighted by atomic mass is 9.89. The summed E-state index contributed by atoms with van der Waals surface area (Å²) in [6.45, 7) is 3.82. The number of aliphatic carboxylic acids is 1. The van der Waals surface area contributed by atoms with E-state index in [0.717, 1.165) is 25.7 Å². The number of carboxylic acids is 1. The number of aromatic nitrogens is 2. The van der Waals surface area contributed by atoms with Crippen molar-refractivity contribution < 1.29 is 19.3 Å². The third-order valence-electron chi connectivity index (χ3n) is 5.41. The maximum Gasteiger partial charge on any atom is 0.320 e. The van der Waals surface area contributed by atoms with Crippen LogP contribution >= 0.6 is 0 Å². The molecule has 1 atom stereocenters. The number of carbonyl (C=O) groups is 2. The van der Waals surface area contributed by atoms with Gasteiger partial charge in [-0.2, -0.15) is 0 Å². The molecule has 1 amide bonds. The molecule has 146 valence electrons. The maximum atomic E-state index is 12.8. The summed E-state index contributed by atoms with van der Waals surface area (Å²) < 4.78 is 4.68. The van der Waals surface area contributed by atoms with E-state index in [1.54, 1.807) is 23.1 Å². The van der Waals surface area contributed by atoms with E-state index in [1.807, 2.05) is 20.9 Å². The zero-order valence-corrected chi connectivity index (χ0v) is 15.9. The maximum absolute atomic E-state index is 12.8. The first-order valence-electron chi connectivity index (χ1n) is 9.35. The molecule has 0 spiro atoms. The zero-order valence-electron chi connectivity index (χ0n) is 15.9. The second kappa shape index (κ2) is 8.04. The summed E-state index contributed by atoms with van der Waals surface area (Å²) in [6.07, 6.45) is 3.40. The van der Waals surface area contributed by atoms with Crippen LogP contribution in [0.3, 0.4) is 0 Å². The summed E-state index contributed by atoms with van der Waals surface area (Å²) in [4.78, 5) is 26.0. The fraction of sp³-hybridized carbons (Fsp3) is 0.579. The summed E-state index contributed by atoms with van der Waals surface area (Å²) in [7, 11) is 1.82. The standard InChI is InChI=1S/C19H26N4O4/c1-11(2)17(19(25)26)20-13-5-7-14(8-6-13)23(3)18(24)12-4-9-15-16(10-12)22-27-21-15/h4,9-11,13-14,17,20H,5-8H2,1-3H3,(H,25,26). The second-order valence-electron chi connectivity index (χ2n) is 7.62. The largest absolute Gasteiger partial charge is 0.480 e. The van der Waals surface area contributed by atoms with Crippen molar-refractivity contribution in [3.8, 4) is 0 Å². The van der Waals surface area contributed by atoms with Crippen LogP contribution in [0.4, 0.5) is 0 Å². The molecule has 0 saturated heterocycles. The summed E-state index contributed by atoms with van der Waals surface area (Å²) in [5.41, 5.74) is 1.75. The smallest absolute Gasteiger partial charge is 0.320 e. The molecule has 27 heavy (non-hydrogen) atoms. The van der Waals surface area contributed by atoms with Gasteiger partial charge in [-0.1, -0.05) is 13.8 Å². The van der Waals surface area contributed by atoms with E-state index >= 15 is 0 Å². The Labute approximate surface area is 157 Å². The molecule has 1 aromatic carbocycles. The number of hydrogen-bond acceptors (Lipinski definition) is 6. The first-order chi connectivity index (χ1) is 12.9. The van der Waals surface area contributed by atoms with Crippen molar-refractivity contribution in [2.75, 3.05) is 7.05 Å². The Bertz CT molecular complexity index is 811. The van der Waals surface area contributed by atoms with Crippen molar-refractivity contribution in [3.63, 3.8) is 0 Å². The van der Waals surface area contributed by atoms with Gasteiger partial charge in [-0.15, -0.1) is 0 Å². The molecule has 2 N–H and O–H groups in total. The lowest BCUT2D eigenvalue weighted by Gasteiger charge is -2.36. The van der Waals surface area contributed by atoms with E-state index in [9.17, 15) is 14.7 Å². The summed E-state index contributed by atoms with van der Waals surface area (Å²) in [5, 5.41) is 20.1. The van der Waals surface area contributed by atoms with E-state index in [4.69, 9.17) is 0 Å². The molecule has 2 aromatic rings. The molecule has 0 radical (unpaired) electrons. The number of amides is 1. The highest BCUT2D eigenvalue weighted by molar-refractivity contribution is 5.97. The molecular formula is C19H26N4O4. The van der Waals surface area contributed by atoms with Gasteiger partial charge in [0.1, 0.15) is 17.1 Å². The highest BCUT2D eigenvalue weighted by atomic mass is 16.6. The van der Waals surface area contributed by atoms with Gasteiger partial charge in [0.15, 0.2) is 0 Å². The second-order valence-corrected chi connectivity index (χ2v) is 7.62. The molecule has 8 nitrogen and oxygen atoms in total. The minimum absolute atomic E-state index is 0.0328. The Morgan fingerprint density at radius 2 is 1.85 bits per heavy atom. The van der Waals surface area contributed by atoms with E-state index in [-0.39, 0.29) is 23.9 Å². The van der Waals surface area contributed by atoms with Gasteiger partial charge in [0.25, 0.3) is 5.91 Å². The van der Waals surface area contributed by atoms with E-state index in [2.05, 4.69) is 20.3 Å². The SMILES string of the molecule is CC(C)C(NC1CCC(N(C)C(=O)c2ccc3nonc3c2)CC1)C(=O)O. The van der Waals surface area contributed by atoms with Crippen LogP contribution in [0.2, 0.25) is 0 Å². The number of hydrogen-bond donors (Lipinski definition) is 2. The first kappa shape index (κ1) is 19.3. The van der Waals surface area contributed by atoms with Gasteiger partial charge in [-0.05, 0) is 60.1 Å². The van der Waals surface area contributed by atoms with Crippen molar-refractivity contribution >= 4 is 22.9 Å². The molecule has 3 rings (SSSR count). The molecular weight excluding hydrogens is 348 g/mol. The van der Waals surface area contributed by atoms with Crippen LogP contribution < -0.4 is 5.32 Å². The van der Waals surface area contributed by atoms with Crippen molar-refractivity contribution in [1.29, 1.82) is 0 Å². The molecule has 1 fully saturated rings. The summed E-state index contributed by atoms with van der Waals surface area (Å²) in [6, 6.07) is 4.94. The average molecular weight is 374 g/mol. The molecule has 0 aliphatic heterocycles. The van der Waals surface area contributed by atoms with Crippen molar-refractivity contribution in [2.24, 2.45) is 5.92 Å². The van der Waals surface area contributed by atoms with Gasteiger partial charge in [-0.3, -0.25) is 9.59 Å². The summed E-state index contributed by atoms with van der Waals surface area (Å²) in [5.74, 6) is -0.829. The molecule has 1 aromatic heterocycles. The third-order valence-corrected chi connectivity index (χ3v) is 5.41. The number of rotatable bonds is 6. The van der Waals surface area contributed by atoms with Crippen LogP contribution in [-0.4, -0.2) is 57.4 Å². The minimum Gasteiger partial charge on any atom is -0.480 e. The van der Waals surface area contributed by atoms with Gasteiger partial charge < -0.3 is 15.3 Å². The van der Waals surface area contributed by atoms with Crippen LogP contribution in [-0.2, 0) is 4.79 Å². The number of carbonyl (C=O) groups excluding carboxylic acids is 1. The molecule has 1 unspecified atom stereocenters. The fourth-order valence-electron chi connectivity index (χ4n) is 3.72. The topological polar surface area (TPSA) is 109 Å². The van der Waals surface area contributed by atoms with E-state index in [0.29, 0.717) is 16.6 Å². The lowest BCUT2D eigenvalue weighted by Crippen LogP contribution is -2.49. The van der Waals surface area contributed by atoms with E-state index < -0.39 is 12.0 Å². The normalized spacial score (nSPS) is 21.3. The Balaban J connectivity index is 1.58. The quantitative estimate of drug-likeness (QED) is 0.798. The van der Waals surface area contributed by atoms with Gasteiger partial charge in [-0.25, -0.2) is 4.63 Å². The van der Waals surface area contributed by atoms with Gasteiger partial charge in [0.05, 0.1) is 0 Å². The first-order valence-corrected chi connectivity index (χ1v) is 9.35. The third kappa shape index (κ3) is 4.27. The van der Waals surface area contributed by atoms with Crippen molar-refractivity contribution in [2.45, 2.75) is 57.7 Å². The van der Waals surface area contributed by atoms with E-state index in [1.165, 1.54) is 0 Å². The molecule has 1 saturated carbocycles. The molecule has 1 aliphatic rings. The Hall–Kier alpha value is -2.48. The molecule has 0 bridgehead atoms. The number of nitrogens with one attached hydrogen (secondary N) is 1. The molecule has 8 heteroatoms. The van der Waals surface area contributed by atoms with Gasteiger partial charge in [0, 0.05) is 24.7 Å². The molecule has 1 heterocycles. The monoisotopic (exact) mass is 374 g/mol. The molecule has 1 aliphatic carbocycles. The highest BCUT2D eigenvalue weighted by Crippen LogP contribution is 2.25. The number of nitrogens with zero attached hydrogens (tertiary/aromatic N) is 3. The highest BCUT2D eigenvalue weighted by Gasteiger charge is 2.30. The van der Waals surface area contributed by atoms with Crippen LogP contribution in [0.1, 0.15) is 49.9 Å². The Morgan fingerprint density at radius 3 is 2.48 bits per heavy atom. The van der Waals surface area contributed by atoms with Crippen LogP contribution in [0.25, 0.3) is 11.0 Å². The predicted molar refractivity (Wildman–Crippen MR) is 99.3 cm³/mol. The van der Waals surface area contributed by atoms with Crippen molar-refractivity contribution in [3.05, 3.63) is 23.8 Å². The van der Waals surface area contributed by atoms with Crippen molar-refractivity contribution in [1.82, 2.24) is 20.5 Å². The number of fused-ring (bicyclic) bond motifs is 1. The number of benzene rings is 1. The zero-order chi connectivity index (χ0) is 19.6. The predicted octanol–water partition coefficient (Wildman–Crippen LogP) is 2.30. The lowest BCUT2D eigenvalue weighted by molar-refractivity contribution is -0.141. The average Bonchev–Trinajstić information content (AvgIpc) is 3.12. The fourth-order valence-corrected chi connectivity index (χ4v) is 3.72. The Morgan fingerprint density at radius 1 is 1.19 bits per heavy atom.